The number of hydrogen-bond donors (Lipinski definition) is 0. The summed E-state index contributed by atoms with van der Waals surface area (Å²) >= 11 is 3.35. The number of halogens is 1. The summed E-state index contributed by atoms with van der Waals surface area (Å²) in [4.78, 5) is 2.22. The van der Waals surface area contributed by atoms with Crippen LogP contribution in [0.4, 0.5) is 5.82 Å². The van der Waals surface area contributed by atoms with Gasteiger partial charge >= 0.3 is 0 Å². The van der Waals surface area contributed by atoms with Crippen LogP contribution < -0.4 is 9.64 Å². The molecule has 1 fully saturated rings. The third kappa shape index (κ3) is 4.65. The molecule has 1 aromatic heterocycles. The Hall–Kier alpha value is -2.49. The van der Waals surface area contributed by atoms with E-state index in [1.807, 2.05) is 12.1 Å². The SMILES string of the molecule is CCc1ccc(-c2ccc(N3CCN(S(=O)(=O)c4cc(Br)ccc4OC)CC3)nn2)cc1. The molecule has 4 rings (SSSR count). The third-order valence-corrected chi connectivity index (χ3v) is 8.03. The summed E-state index contributed by atoms with van der Waals surface area (Å²) in [5, 5.41) is 8.77. The van der Waals surface area contributed by atoms with Crippen molar-refractivity contribution in [1.29, 1.82) is 0 Å². The maximum absolute atomic E-state index is 13.2. The van der Waals surface area contributed by atoms with Gasteiger partial charge in [0.15, 0.2) is 5.82 Å². The standard InChI is InChI=1S/C23H25BrN4O3S/c1-3-17-4-6-18(7-5-17)20-9-11-23(26-25-20)27-12-14-28(15-13-27)32(29,30)22-16-19(24)8-10-21(22)31-2/h4-11,16H,3,12-15H2,1-2H3. The number of nitrogens with zero attached hydrogens (tertiary/aromatic N) is 4. The van der Waals surface area contributed by atoms with Gasteiger partial charge < -0.3 is 9.64 Å². The molecule has 0 unspecified atom stereocenters. The van der Waals surface area contributed by atoms with Crippen LogP contribution in [0.2, 0.25) is 0 Å². The Morgan fingerprint density at radius 3 is 2.28 bits per heavy atom. The van der Waals surface area contributed by atoms with Gasteiger partial charge in [-0.15, -0.1) is 10.2 Å². The van der Waals surface area contributed by atoms with Crippen LogP contribution in [0.25, 0.3) is 11.3 Å². The van der Waals surface area contributed by atoms with E-state index in [4.69, 9.17) is 4.74 Å². The number of aromatic nitrogens is 2. The van der Waals surface area contributed by atoms with Gasteiger partial charge in [-0.3, -0.25) is 0 Å². The van der Waals surface area contributed by atoms with Crippen LogP contribution >= 0.6 is 15.9 Å². The molecule has 2 heterocycles. The minimum atomic E-state index is -3.67. The molecule has 7 nitrogen and oxygen atoms in total. The lowest BCUT2D eigenvalue weighted by molar-refractivity contribution is 0.373. The van der Waals surface area contributed by atoms with Crippen LogP contribution in [-0.4, -0.2) is 56.2 Å². The summed E-state index contributed by atoms with van der Waals surface area (Å²) in [6, 6.07) is 17.2. The fourth-order valence-electron chi connectivity index (χ4n) is 3.71. The van der Waals surface area contributed by atoms with Gasteiger partial charge in [0.2, 0.25) is 10.0 Å². The second kappa shape index (κ2) is 9.56. The first kappa shape index (κ1) is 22.7. The molecule has 3 aromatic rings. The number of sulfonamides is 1. The summed E-state index contributed by atoms with van der Waals surface area (Å²) in [6.45, 7) is 3.92. The van der Waals surface area contributed by atoms with Gasteiger partial charge in [0.05, 0.1) is 12.8 Å². The Kier molecular flexibility index (Phi) is 6.78. The highest BCUT2D eigenvalue weighted by molar-refractivity contribution is 9.10. The van der Waals surface area contributed by atoms with Crippen molar-refractivity contribution in [3.05, 3.63) is 64.6 Å². The lowest BCUT2D eigenvalue weighted by atomic mass is 10.1. The molecular formula is C23H25BrN4O3S. The van der Waals surface area contributed by atoms with E-state index in [1.54, 1.807) is 18.2 Å². The average molecular weight is 517 g/mol. The minimum Gasteiger partial charge on any atom is -0.495 e. The molecular weight excluding hydrogens is 492 g/mol. The Morgan fingerprint density at radius 2 is 1.69 bits per heavy atom. The molecule has 9 heteroatoms. The van der Waals surface area contributed by atoms with Gasteiger partial charge in [-0.2, -0.15) is 4.31 Å². The van der Waals surface area contributed by atoms with Crippen molar-refractivity contribution in [2.75, 3.05) is 38.2 Å². The van der Waals surface area contributed by atoms with Gasteiger partial charge in [-0.25, -0.2) is 8.42 Å². The Bertz CT molecular complexity index is 1180. The number of methoxy groups -OCH3 is 1. The van der Waals surface area contributed by atoms with Crippen LogP contribution in [0.15, 0.2) is 64.0 Å². The van der Waals surface area contributed by atoms with E-state index >= 15 is 0 Å². The first-order valence-electron chi connectivity index (χ1n) is 10.4. The second-order valence-corrected chi connectivity index (χ2v) is 10.3. The van der Waals surface area contributed by atoms with Crippen LogP contribution in [0, 0.1) is 0 Å². The highest BCUT2D eigenvalue weighted by Gasteiger charge is 2.31. The maximum atomic E-state index is 13.2. The van der Waals surface area contributed by atoms with Gasteiger partial charge in [0, 0.05) is 36.2 Å². The van der Waals surface area contributed by atoms with Crippen molar-refractivity contribution in [3.63, 3.8) is 0 Å². The molecule has 0 radical (unpaired) electrons. The second-order valence-electron chi connectivity index (χ2n) is 7.51. The Labute approximate surface area is 197 Å². The predicted octanol–water partition coefficient (Wildman–Crippen LogP) is 3.99. The molecule has 1 aliphatic heterocycles. The molecule has 0 amide bonds. The fraction of sp³-hybridized carbons (Fsp3) is 0.304. The normalized spacial score (nSPS) is 15.0. The molecule has 168 valence electrons. The molecule has 0 saturated carbocycles. The number of ether oxygens (including phenoxy) is 1. The molecule has 0 N–H and O–H groups in total. The molecule has 0 bridgehead atoms. The zero-order valence-electron chi connectivity index (χ0n) is 18.0. The largest absolute Gasteiger partial charge is 0.495 e. The number of benzene rings is 2. The molecule has 0 spiro atoms. The summed E-state index contributed by atoms with van der Waals surface area (Å²) in [5.74, 6) is 1.08. The van der Waals surface area contributed by atoms with Crippen LogP contribution in [0.5, 0.6) is 5.75 Å². The first-order valence-corrected chi connectivity index (χ1v) is 12.7. The van der Waals surface area contributed by atoms with E-state index in [-0.39, 0.29) is 4.90 Å². The predicted molar refractivity (Wildman–Crippen MR) is 129 cm³/mol. The number of hydrogen-bond acceptors (Lipinski definition) is 6. The first-order chi connectivity index (χ1) is 15.4. The van der Waals surface area contributed by atoms with Gasteiger partial charge in [-0.1, -0.05) is 47.1 Å². The zero-order valence-corrected chi connectivity index (χ0v) is 20.4. The Morgan fingerprint density at radius 1 is 0.969 bits per heavy atom. The minimum absolute atomic E-state index is 0.168. The molecule has 0 aliphatic carbocycles. The third-order valence-electron chi connectivity index (χ3n) is 5.61. The molecule has 1 saturated heterocycles. The van der Waals surface area contributed by atoms with Gasteiger partial charge in [0.1, 0.15) is 10.6 Å². The Balaban J connectivity index is 1.45. The molecule has 0 atom stereocenters. The molecule has 2 aromatic carbocycles. The molecule has 32 heavy (non-hydrogen) atoms. The monoisotopic (exact) mass is 516 g/mol. The lowest BCUT2D eigenvalue weighted by Crippen LogP contribution is -2.49. The topological polar surface area (TPSA) is 75.6 Å². The summed E-state index contributed by atoms with van der Waals surface area (Å²) < 4.78 is 33.8. The molecule has 1 aliphatic rings. The van der Waals surface area contributed by atoms with Crippen LogP contribution in [0.3, 0.4) is 0 Å². The van der Waals surface area contributed by atoms with E-state index in [9.17, 15) is 8.42 Å². The number of aryl methyl sites for hydroxylation is 1. The lowest BCUT2D eigenvalue weighted by Gasteiger charge is -2.34. The van der Waals surface area contributed by atoms with Crippen molar-refractivity contribution in [2.24, 2.45) is 0 Å². The zero-order chi connectivity index (χ0) is 22.7. The van der Waals surface area contributed by atoms with E-state index in [1.165, 1.54) is 17.0 Å². The van der Waals surface area contributed by atoms with Crippen molar-refractivity contribution >= 4 is 31.8 Å². The summed E-state index contributed by atoms with van der Waals surface area (Å²) in [5.41, 5.74) is 3.13. The highest BCUT2D eigenvalue weighted by Crippen LogP contribution is 2.30. The van der Waals surface area contributed by atoms with Crippen LogP contribution in [-0.2, 0) is 16.4 Å². The van der Waals surface area contributed by atoms with Crippen molar-refractivity contribution in [1.82, 2.24) is 14.5 Å². The number of piperazine rings is 1. The highest BCUT2D eigenvalue weighted by atomic mass is 79.9. The van der Waals surface area contributed by atoms with Crippen molar-refractivity contribution < 1.29 is 13.2 Å². The smallest absolute Gasteiger partial charge is 0.246 e. The van der Waals surface area contributed by atoms with Gasteiger partial charge in [0.25, 0.3) is 0 Å². The quantitative estimate of drug-likeness (QED) is 0.493. The summed E-state index contributed by atoms with van der Waals surface area (Å²) in [7, 11) is -2.19. The maximum Gasteiger partial charge on any atom is 0.246 e. The van der Waals surface area contributed by atoms with Crippen LogP contribution in [0.1, 0.15) is 12.5 Å². The summed E-state index contributed by atoms with van der Waals surface area (Å²) in [6.07, 6.45) is 1.00. The van der Waals surface area contributed by atoms with Gasteiger partial charge in [-0.05, 0) is 42.3 Å². The fourth-order valence-corrected chi connectivity index (χ4v) is 5.82. The van der Waals surface area contributed by atoms with E-state index in [2.05, 4.69) is 62.2 Å². The van der Waals surface area contributed by atoms with E-state index in [0.29, 0.717) is 36.4 Å². The van der Waals surface area contributed by atoms with E-state index in [0.717, 1.165) is 23.5 Å². The van der Waals surface area contributed by atoms with E-state index < -0.39 is 10.0 Å². The van der Waals surface area contributed by atoms with Crippen molar-refractivity contribution in [2.45, 2.75) is 18.2 Å². The number of anilines is 1. The number of rotatable bonds is 6. The average Bonchev–Trinajstić information content (AvgIpc) is 2.84. The van der Waals surface area contributed by atoms with Crippen molar-refractivity contribution in [3.8, 4) is 17.0 Å².